The van der Waals surface area contributed by atoms with E-state index in [0.717, 1.165) is 16.7 Å². The van der Waals surface area contributed by atoms with Crippen LogP contribution in [0.2, 0.25) is 0 Å². The summed E-state index contributed by atoms with van der Waals surface area (Å²) in [5, 5.41) is 12.7. The van der Waals surface area contributed by atoms with Gasteiger partial charge >= 0.3 is 5.97 Å². The summed E-state index contributed by atoms with van der Waals surface area (Å²) in [5.41, 5.74) is 1.97. The molecule has 100 valence electrons. The molecule has 1 aromatic carbocycles. The molecule has 0 heterocycles. The Kier molecular flexibility index (Phi) is 4.52. The fourth-order valence-corrected chi connectivity index (χ4v) is 2.07. The van der Waals surface area contributed by atoms with Gasteiger partial charge in [-0.15, -0.1) is 0 Å². The Morgan fingerprint density at radius 1 is 1.39 bits per heavy atom. The van der Waals surface area contributed by atoms with Gasteiger partial charge in [0.05, 0.1) is 0 Å². The van der Waals surface area contributed by atoms with Crippen molar-refractivity contribution >= 4 is 5.97 Å². The number of hydrogen-bond acceptors (Lipinski definition) is 2. The number of carboxylic acid groups (broad SMARTS) is 1. The molecule has 0 radical (unpaired) electrons. The number of rotatable bonds is 5. The molecule has 0 bridgehead atoms. The van der Waals surface area contributed by atoms with Gasteiger partial charge in [-0.1, -0.05) is 37.6 Å². The molecule has 0 fully saturated rings. The summed E-state index contributed by atoms with van der Waals surface area (Å²) in [6, 6.07) is 5.89. The second kappa shape index (κ2) is 5.53. The van der Waals surface area contributed by atoms with E-state index in [0.29, 0.717) is 12.5 Å². The van der Waals surface area contributed by atoms with E-state index in [2.05, 4.69) is 19.2 Å². The smallest absolute Gasteiger partial charge is 0.328 e. The second-order valence-electron chi connectivity index (χ2n) is 5.52. The highest BCUT2D eigenvalue weighted by Gasteiger charge is 2.35. The molecule has 1 atom stereocenters. The Hall–Kier alpha value is -1.35. The molecule has 1 rings (SSSR count). The van der Waals surface area contributed by atoms with Gasteiger partial charge in [0.1, 0.15) is 5.54 Å². The Labute approximate surface area is 109 Å². The molecule has 0 spiro atoms. The van der Waals surface area contributed by atoms with Crippen molar-refractivity contribution in [3.05, 3.63) is 34.9 Å². The minimum Gasteiger partial charge on any atom is -0.480 e. The molecule has 3 heteroatoms. The molecule has 1 unspecified atom stereocenters. The second-order valence-corrected chi connectivity index (χ2v) is 5.52. The van der Waals surface area contributed by atoms with Crippen LogP contribution in [0.15, 0.2) is 18.2 Å². The number of carbonyl (C=O) groups is 1. The summed E-state index contributed by atoms with van der Waals surface area (Å²) in [6.45, 7) is 10.5. The van der Waals surface area contributed by atoms with E-state index < -0.39 is 11.5 Å². The fourth-order valence-electron chi connectivity index (χ4n) is 2.07. The van der Waals surface area contributed by atoms with E-state index in [1.54, 1.807) is 6.92 Å². The lowest BCUT2D eigenvalue weighted by Crippen LogP contribution is -2.48. The lowest BCUT2D eigenvalue weighted by molar-refractivity contribution is -0.144. The standard InChI is InChI=1S/C15H23NO2/c1-10(2)9-16-15(5,14(17)18)13-7-6-11(3)8-12(13)4/h6-8,10,16H,9H2,1-5H3,(H,17,18). The van der Waals surface area contributed by atoms with E-state index in [9.17, 15) is 9.90 Å². The molecule has 3 nitrogen and oxygen atoms in total. The Balaban J connectivity index is 3.14. The largest absolute Gasteiger partial charge is 0.480 e. The Morgan fingerprint density at radius 2 is 2.00 bits per heavy atom. The van der Waals surface area contributed by atoms with Crippen LogP contribution in [-0.4, -0.2) is 17.6 Å². The lowest BCUT2D eigenvalue weighted by atomic mass is 9.87. The lowest BCUT2D eigenvalue weighted by Gasteiger charge is -2.29. The highest BCUT2D eigenvalue weighted by atomic mass is 16.4. The number of carboxylic acids is 1. The van der Waals surface area contributed by atoms with Gasteiger partial charge in [0.2, 0.25) is 0 Å². The van der Waals surface area contributed by atoms with Crippen LogP contribution in [0.4, 0.5) is 0 Å². The quantitative estimate of drug-likeness (QED) is 0.843. The average Bonchev–Trinajstić information content (AvgIpc) is 2.25. The molecular formula is C15H23NO2. The molecule has 0 amide bonds. The van der Waals surface area contributed by atoms with Crippen LogP contribution in [0.5, 0.6) is 0 Å². The third-order valence-electron chi connectivity index (χ3n) is 3.21. The highest BCUT2D eigenvalue weighted by molar-refractivity contribution is 5.80. The van der Waals surface area contributed by atoms with Crippen LogP contribution < -0.4 is 5.32 Å². The summed E-state index contributed by atoms with van der Waals surface area (Å²) in [7, 11) is 0. The van der Waals surface area contributed by atoms with Crippen molar-refractivity contribution in [2.24, 2.45) is 5.92 Å². The van der Waals surface area contributed by atoms with Crippen molar-refractivity contribution in [2.45, 2.75) is 40.2 Å². The van der Waals surface area contributed by atoms with Gasteiger partial charge in [-0.25, -0.2) is 4.79 Å². The third-order valence-corrected chi connectivity index (χ3v) is 3.21. The molecule has 1 aromatic rings. The summed E-state index contributed by atoms with van der Waals surface area (Å²) in [6.07, 6.45) is 0. The van der Waals surface area contributed by atoms with Crippen LogP contribution in [-0.2, 0) is 10.3 Å². The molecule has 0 saturated heterocycles. The van der Waals surface area contributed by atoms with E-state index in [1.165, 1.54) is 0 Å². The van der Waals surface area contributed by atoms with Crippen LogP contribution in [0.1, 0.15) is 37.5 Å². The van der Waals surface area contributed by atoms with Gasteiger partial charge in [0.15, 0.2) is 0 Å². The van der Waals surface area contributed by atoms with Crippen LogP contribution in [0.3, 0.4) is 0 Å². The number of aryl methyl sites for hydroxylation is 2. The molecular weight excluding hydrogens is 226 g/mol. The van der Waals surface area contributed by atoms with Crippen molar-refractivity contribution in [2.75, 3.05) is 6.54 Å². The molecule has 0 aromatic heterocycles. The molecule has 0 saturated carbocycles. The summed E-state index contributed by atoms with van der Waals surface area (Å²) < 4.78 is 0. The molecule has 0 aliphatic heterocycles. The molecule has 18 heavy (non-hydrogen) atoms. The zero-order chi connectivity index (χ0) is 13.9. The first-order valence-electron chi connectivity index (χ1n) is 6.33. The van der Waals surface area contributed by atoms with Gasteiger partial charge in [0, 0.05) is 0 Å². The topological polar surface area (TPSA) is 49.3 Å². The third kappa shape index (κ3) is 3.10. The number of hydrogen-bond donors (Lipinski definition) is 2. The minimum atomic E-state index is -1.03. The van der Waals surface area contributed by atoms with Gasteiger partial charge in [-0.05, 0) is 44.4 Å². The first kappa shape index (κ1) is 14.7. The van der Waals surface area contributed by atoms with Gasteiger partial charge in [-0.3, -0.25) is 5.32 Å². The molecule has 2 N–H and O–H groups in total. The normalized spacial score (nSPS) is 14.6. The minimum absolute atomic E-state index is 0.412. The van der Waals surface area contributed by atoms with E-state index >= 15 is 0 Å². The SMILES string of the molecule is Cc1ccc(C(C)(NCC(C)C)C(=O)O)c(C)c1. The highest BCUT2D eigenvalue weighted by Crippen LogP contribution is 2.25. The molecule has 0 aliphatic rings. The average molecular weight is 249 g/mol. The number of aliphatic carboxylic acids is 1. The monoisotopic (exact) mass is 249 g/mol. The summed E-state index contributed by atoms with van der Waals surface area (Å²) in [5.74, 6) is -0.426. The van der Waals surface area contributed by atoms with Crippen LogP contribution in [0, 0.1) is 19.8 Å². The van der Waals surface area contributed by atoms with Crippen molar-refractivity contribution in [1.82, 2.24) is 5.32 Å². The Morgan fingerprint density at radius 3 is 2.44 bits per heavy atom. The first-order valence-corrected chi connectivity index (χ1v) is 6.33. The molecule has 0 aliphatic carbocycles. The van der Waals surface area contributed by atoms with Crippen LogP contribution in [0.25, 0.3) is 0 Å². The first-order chi connectivity index (χ1) is 8.27. The van der Waals surface area contributed by atoms with E-state index in [-0.39, 0.29) is 0 Å². The fraction of sp³-hybridized carbons (Fsp3) is 0.533. The zero-order valence-electron chi connectivity index (χ0n) is 11.9. The predicted molar refractivity (Wildman–Crippen MR) is 73.7 cm³/mol. The van der Waals surface area contributed by atoms with Gasteiger partial charge < -0.3 is 5.11 Å². The maximum absolute atomic E-state index is 11.6. The zero-order valence-corrected chi connectivity index (χ0v) is 11.9. The number of benzene rings is 1. The summed E-state index contributed by atoms with van der Waals surface area (Å²) >= 11 is 0. The van der Waals surface area contributed by atoms with Gasteiger partial charge in [-0.2, -0.15) is 0 Å². The number of nitrogens with one attached hydrogen (secondary N) is 1. The van der Waals surface area contributed by atoms with Crippen molar-refractivity contribution in [1.29, 1.82) is 0 Å². The maximum atomic E-state index is 11.6. The summed E-state index contributed by atoms with van der Waals surface area (Å²) in [4.78, 5) is 11.6. The maximum Gasteiger partial charge on any atom is 0.328 e. The van der Waals surface area contributed by atoms with E-state index in [1.807, 2.05) is 32.0 Å². The predicted octanol–water partition coefficient (Wildman–Crippen LogP) is 2.85. The van der Waals surface area contributed by atoms with Crippen LogP contribution >= 0.6 is 0 Å². The van der Waals surface area contributed by atoms with Crippen molar-refractivity contribution in [3.8, 4) is 0 Å². The van der Waals surface area contributed by atoms with Crippen molar-refractivity contribution < 1.29 is 9.90 Å². The van der Waals surface area contributed by atoms with E-state index in [4.69, 9.17) is 0 Å². The van der Waals surface area contributed by atoms with Gasteiger partial charge in [0.25, 0.3) is 0 Å². The Bertz CT molecular complexity index is 440. The van der Waals surface area contributed by atoms with Crippen molar-refractivity contribution in [3.63, 3.8) is 0 Å².